The summed E-state index contributed by atoms with van der Waals surface area (Å²) in [5, 5.41) is 3.11. The van der Waals surface area contributed by atoms with Crippen molar-refractivity contribution in [1.29, 1.82) is 0 Å². The second kappa shape index (κ2) is 8.02. The highest BCUT2D eigenvalue weighted by Gasteiger charge is 2.20. The number of carbonyl (C=O) groups excluding carboxylic acids is 1. The number of benzene rings is 3. The van der Waals surface area contributed by atoms with Crippen molar-refractivity contribution in [2.75, 3.05) is 10.0 Å². The molecule has 0 spiro atoms. The Kier molecular flexibility index (Phi) is 5.42. The predicted octanol–water partition coefficient (Wildman–Crippen LogP) is 5.14. The molecule has 0 aliphatic carbocycles. The summed E-state index contributed by atoms with van der Waals surface area (Å²) in [6, 6.07) is 16.1. The van der Waals surface area contributed by atoms with Crippen molar-refractivity contribution in [3.63, 3.8) is 0 Å². The Hall–Kier alpha value is -3.01. The second-order valence-corrected chi connectivity index (χ2v) is 9.32. The number of nitrogens with zero attached hydrogens (tertiary/aromatic N) is 1. The SMILES string of the molecule is O=C(Nc1nc2ccccc2s1)c1cc(S(=O)(=O)Nc2ccc(F)cc2)ccc1Cl. The Bertz CT molecular complexity index is 1320. The predicted molar refractivity (Wildman–Crippen MR) is 116 cm³/mol. The lowest BCUT2D eigenvalue weighted by Gasteiger charge is -2.10. The number of hydrogen-bond acceptors (Lipinski definition) is 5. The van der Waals surface area contributed by atoms with Crippen LogP contribution < -0.4 is 10.0 Å². The molecular formula is C20H13ClFN3O3S2. The molecule has 4 aromatic rings. The van der Waals surface area contributed by atoms with Gasteiger partial charge in [-0.25, -0.2) is 17.8 Å². The Labute approximate surface area is 180 Å². The monoisotopic (exact) mass is 461 g/mol. The minimum atomic E-state index is -4.02. The fourth-order valence-corrected chi connectivity index (χ4v) is 4.82. The van der Waals surface area contributed by atoms with E-state index < -0.39 is 21.7 Å². The number of hydrogen-bond donors (Lipinski definition) is 2. The highest BCUT2D eigenvalue weighted by Crippen LogP contribution is 2.28. The van der Waals surface area contributed by atoms with Crippen molar-refractivity contribution >= 4 is 59.9 Å². The highest BCUT2D eigenvalue weighted by molar-refractivity contribution is 7.92. The van der Waals surface area contributed by atoms with Crippen molar-refractivity contribution in [1.82, 2.24) is 4.98 Å². The number of halogens is 2. The molecule has 1 amide bonds. The molecular weight excluding hydrogens is 449 g/mol. The first-order chi connectivity index (χ1) is 14.3. The zero-order chi connectivity index (χ0) is 21.3. The summed E-state index contributed by atoms with van der Waals surface area (Å²) in [6.07, 6.45) is 0. The number of para-hydroxylation sites is 1. The summed E-state index contributed by atoms with van der Waals surface area (Å²) < 4.78 is 41.6. The van der Waals surface area contributed by atoms with Gasteiger partial charge in [0.05, 0.1) is 25.7 Å². The van der Waals surface area contributed by atoms with E-state index in [9.17, 15) is 17.6 Å². The lowest BCUT2D eigenvalue weighted by Crippen LogP contribution is -2.16. The number of nitrogens with one attached hydrogen (secondary N) is 2. The molecule has 0 bridgehead atoms. The van der Waals surface area contributed by atoms with E-state index in [1.807, 2.05) is 24.3 Å². The molecule has 0 radical (unpaired) electrons. The molecule has 1 heterocycles. The molecule has 0 atom stereocenters. The van der Waals surface area contributed by atoms with Gasteiger partial charge in [-0.3, -0.25) is 14.8 Å². The molecule has 0 saturated carbocycles. The number of fused-ring (bicyclic) bond motifs is 1. The van der Waals surface area contributed by atoms with Crippen LogP contribution in [0.15, 0.2) is 71.6 Å². The molecule has 30 heavy (non-hydrogen) atoms. The third kappa shape index (κ3) is 4.28. The molecule has 4 rings (SSSR count). The van der Waals surface area contributed by atoms with Crippen LogP contribution in [0.4, 0.5) is 15.2 Å². The maximum atomic E-state index is 13.0. The number of thiazole rings is 1. The summed E-state index contributed by atoms with van der Waals surface area (Å²) in [6.45, 7) is 0. The fraction of sp³-hybridized carbons (Fsp3) is 0. The van der Waals surface area contributed by atoms with Gasteiger partial charge < -0.3 is 0 Å². The van der Waals surface area contributed by atoms with E-state index >= 15 is 0 Å². The van der Waals surface area contributed by atoms with E-state index in [1.165, 1.54) is 41.7 Å². The maximum Gasteiger partial charge on any atom is 0.261 e. The molecule has 0 unspecified atom stereocenters. The van der Waals surface area contributed by atoms with Gasteiger partial charge in [-0.05, 0) is 54.6 Å². The van der Waals surface area contributed by atoms with Crippen molar-refractivity contribution in [3.05, 3.63) is 83.1 Å². The quantitative estimate of drug-likeness (QED) is 0.430. The van der Waals surface area contributed by atoms with Crippen molar-refractivity contribution in [2.24, 2.45) is 0 Å². The van der Waals surface area contributed by atoms with Crippen LogP contribution in [0.1, 0.15) is 10.4 Å². The van der Waals surface area contributed by atoms with Crippen LogP contribution in [0.3, 0.4) is 0 Å². The van der Waals surface area contributed by atoms with E-state index in [1.54, 1.807) is 0 Å². The van der Waals surface area contributed by atoms with Gasteiger partial charge in [-0.2, -0.15) is 0 Å². The smallest absolute Gasteiger partial charge is 0.261 e. The van der Waals surface area contributed by atoms with E-state index in [2.05, 4.69) is 15.0 Å². The molecule has 6 nitrogen and oxygen atoms in total. The lowest BCUT2D eigenvalue weighted by atomic mass is 10.2. The van der Waals surface area contributed by atoms with Gasteiger partial charge in [0.25, 0.3) is 15.9 Å². The first-order valence-corrected chi connectivity index (χ1v) is 11.2. The van der Waals surface area contributed by atoms with Crippen LogP contribution in [0.2, 0.25) is 5.02 Å². The Morgan fingerprint density at radius 1 is 1.03 bits per heavy atom. The number of amides is 1. The van der Waals surface area contributed by atoms with Gasteiger partial charge in [0.1, 0.15) is 5.82 Å². The zero-order valence-electron chi connectivity index (χ0n) is 15.1. The average Bonchev–Trinajstić information content (AvgIpc) is 3.12. The topological polar surface area (TPSA) is 88.2 Å². The molecule has 3 aromatic carbocycles. The minimum absolute atomic E-state index is 0.0158. The summed E-state index contributed by atoms with van der Waals surface area (Å²) >= 11 is 7.42. The van der Waals surface area contributed by atoms with Crippen LogP contribution in [-0.2, 0) is 10.0 Å². The third-order valence-corrected chi connectivity index (χ3v) is 6.76. The van der Waals surface area contributed by atoms with E-state index in [-0.39, 0.29) is 21.2 Å². The summed E-state index contributed by atoms with van der Waals surface area (Å²) in [5.74, 6) is -1.07. The lowest BCUT2D eigenvalue weighted by molar-refractivity contribution is 0.102. The first-order valence-electron chi connectivity index (χ1n) is 8.57. The fourth-order valence-electron chi connectivity index (χ4n) is 2.67. The van der Waals surface area contributed by atoms with E-state index in [0.29, 0.717) is 5.13 Å². The molecule has 152 valence electrons. The number of sulfonamides is 1. The average molecular weight is 462 g/mol. The highest BCUT2D eigenvalue weighted by atomic mass is 35.5. The first kappa shape index (κ1) is 20.3. The third-order valence-electron chi connectivity index (χ3n) is 4.10. The Balaban J connectivity index is 1.60. The van der Waals surface area contributed by atoms with Crippen molar-refractivity contribution in [2.45, 2.75) is 4.90 Å². The van der Waals surface area contributed by atoms with Crippen LogP contribution in [0.5, 0.6) is 0 Å². The molecule has 0 fully saturated rings. The van der Waals surface area contributed by atoms with E-state index in [0.717, 1.165) is 22.3 Å². The largest absolute Gasteiger partial charge is 0.298 e. The normalized spacial score (nSPS) is 11.4. The summed E-state index contributed by atoms with van der Waals surface area (Å²) in [5.41, 5.74) is 0.911. The van der Waals surface area contributed by atoms with Crippen LogP contribution >= 0.6 is 22.9 Å². The summed E-state index contributed by atoms with van der Waals surface area (Å²) in [4.78, 5) is 16.9. The number of aromatic nitrogens is 1. The molecule has 10 heteroatoms. The second-order valence-electron chi connectivity index (χ2n) is 6.19. The van der Waals surface area contributed by atoms with Gasteiger partial charge >= 0.3 is 0 Å². The van der Waals surface area contributed by atoms with Gasteiger partial charge in [-0.1, -0.05) is 35.1 Å². The van der Waals surface area contributed by atoms with Gasteiger partial charge in [0.15, 0.2) is 5.13 Å². The van der Waals surface area contributed by atoms with Crippen LogP contribution in [0.25, 0.3) is 10.2 Å². The molecule has 2 N–H and O–H groups in total. The number of anilines is 2. The molecule has 0 saturated heterocycles. The molecule has 0 aliphatic heterocycles. The van der Waals surface area contributed by atoms with Crippen LogP contribution in [0, 0.1) is 5.82 Å². The zero-order valence-corrected chi connectivity index (χ0v) is 17.5. The van der Waals surface area contributed by atoms with Crippen LogP contribution in [-0.4, -0.2) is 19.3 Å². The summed E-state index contributed by atoms with van der Waals surface area (Å²) in [7, 11) is -4.02. The molecule has 1 aromatic heterocycles. The minimum Gasteiger partial charge on any atom is -0.298 e. The standard InChI is InChI=1S/C20H13ClFN3O3S2/c21-16-10-9-14(30(27,28)25-13-7-5-12(22)6-8-13)11-15(16)19(26)24-20-23-17-3-1-2-4-18(17)29-20/h1-11,25H,(H,23,24,26). The van der Waals surface area contributed by atoms with Crippen molar-refractivity contribution < 1.29 is 17.6 Å². The maximum absolute atomic E-state index is 13.0. The van der Waals surface area contributed by atoms with E-state index in [4.69, 9.17) is 11.6 Å². The van der Waals surface area contributed by atoms with Gasteiger partial charge in [0.2, 0.25) is 0 Å². The van der Waals surface area contributed by atoms with Gasteiger partial charge in [0, 0.05) is 5.69 Å². The Morgan fingerprint density at radius 3 is 2.50 bits per heavy atom. The van der Waals surface area contributed by atoms with Crippen molar-refractivity contribution in [3.8, 4) is 0 Å². The van der Waals surface area contributed by atoms with Gasteiger partial charge in [-0.15, -0.1) is 0 Å². The number of carbonyl (C=O) groups is 1. The number of rotatable bonds is 5. The molecule has 0 aliphatic rings. The Morgan fingerprint density at radius 2 is 1.77 bits per heavy atom.